The molecule has 1 aromatic rings. The monoisotopic (exact) mass is 248 g/mol. The normalized spacial score (nSPS) is 16.9. The maximum absolute atomic E-state index is 5.84. The molecule has 18 heavy (non-hydrogen) atoms. The average molecular weight is 248 g/mol. The van der Waals surface area contributed by atoms with Crippen LogP contribution in [0.2, 0.25) is 0 Å². The lowest BCUT2D eigenvalue weighted by molar-refractivity contribution is 0.541. The zero-order valence-corrected chi connectivity index (χ0v) is 11.2. The van der Waals surface area contributed by atoms with Crippen molar-refractivity contribution >= 4 is 0 Å². The topological polar surface area (TPSA) is 55.9 Å². The predicted molar refractivity (Wildman–Crippen MR) is 74.3 cm³/mol. The predicted octanol–water partition coefficient (Wildman–Crippen LogP) is 1.99. The third-order valence-electron chi connectivity index (χ3n) is 3.59. The first kappa shape index (κ1) is 13.3. The maximum Gasteiger partial charge on any atom is 0.0538 e. The number of rotatable bonds is 7. The number of aryl methyl sites for hydroxylation is 1. The molecule has 0 aromatic carbocycles. The van der Waals surface area contributed by atoms with Crippen molar-refractivity contribution in [2.24, 2.45) is 5.73 Å². The zero-order valence-electron chi connectivity index (χ0n) is 11.2. The van der Waals surface area contributed by atoms with Crippen LogP contribution in [0.15, 0.2) is 24.0 Å². The Balaban J connectivity index is 1.81. The van der Waals surface area contributed by atoms with E-state index in [1.54, 1.807) is 5.57 Å². The van der Waals surface area contributed by atoms with Crippen LogP contribution in [0, 0.1) is 0 Å². The maximum atomic E-state index is 5.84. The second-order valence-electron chi connectivity index (χ2n) is 4.88. The Hall–Kier alpha value is -1.13. The van der Waals surface area contributed by atoms with Crippen LogP contribution in [0.4, 0.5) is 0 Å². The number of aromatic nitrogens is 2. The summed E-state index contributed by atoms with van der Waals surface area (Å²) < 4.78 is 1.94. The smallest absolute Gasteiger partial charge is 0.0538 e. The molecule has 0 bridgehead atoms. The molecule has 0 spiro atoms. The van der Waals surface area contributed by atoms with Gasteiger partial charge in [0.05, 0.1) is 6.20 Å². The number of nitrogens with one attached hydrogen (secondary N) is 1. The fraction of sp³-hybridized carbons (Fsp3) is 0.643. The molecule has 1 aromatic heterocycles. The van der Waals surface area contributed by atoms with Gasteiger partial charge in [0.2, 0.25) is 0 Å². The highest BCUT2D eigenvalue weighted by Crippen LogP contribution is 2.20. The third kappa shape index (κ3) is 3.43. The van der Waals surface area contributed by atoms with Crippen molar-refractivity contribution in [2.75, 3.05) is 13.1 Å². The van der Waals surface area contributed by atoms with Gasteiger partial charge in [-0.15, -0.1) is 0 Å². The number of nitrogens with zero attached hydrogens (tertiary/aromatic N) is 2. The number of hydrogen-bond donors (Lipinski definition) is 2. The second kappa shape index (κ2) is 6.71. The summed E-state index contributed by atoms with van der Waals surface area (Å²) in [7, 11) is 0. The first-order valence-electron chi connectivity index (χ1n) is 6.97. The molecular weight excluding hydrogens is 224 g/mol. The third-order valence-corrected chi connectivity index (χ3v) is 3.59. The van der Waals surface area contributed by atoms with Gasteiger partial charge in [0, 0.05) is 30.9 Å². The average Bonchev–Trinajstić information content (AvgIpc) is 3.05. The summed E-state index contributed by atoms with van der Waals surface area (Å²) in [5.41, 5.74) is 8.63. The van der Waals surface area contributed by atoms with Crippen LogP contribution in [0.5, 0.6) is 0 Å². The van der Waals surface area contributed by atoms with Gasteiger partial charge in [-0.2, -0.15) is 5.10 Å². The van der Waals surface area contributed by atoms with Crippen molar-refractivity contribution in [2.45, 2.75) is 45.2 Å². The molecule has 2 rings (SSSR count). The van der Waals surface area contributed by atoms with E-state index in [9.17, 15) is 0 Å². The van der Waals surface area contributed by atoms with Gasteiger partial charge in [0.15, 0.2) is 0 Å². The highest BCUT2D eigenvalue weighted by Gasteiger charge is 2.11. The van der Waals surface area contributed by atoms with Gasteiger partial charge in [0.25, 0.3) is 0 Å². The summed E-state index contributed by atoms with van der Waals surface area (Å²) >= 11 is 0. The van der Waals surface area contributed by atoms with Crippen LogP contribution in [0.25, 0.3) is 0 Å². The fourth-order valence-corrected chi connectivity index (χ4v) is 2.44. The molecule has 0 radical (unpaired) electrons. The molecule has 1 aliphatic carbocycles. The van der Waals surface area contributed by atoms with Crippen LogP contribution in [0.1, 0.15) is 44.2 Å². The Morgan fingerprint density at radius 1 is 1.56 bits per heavy atom. The summed E-state index contributed by atoms with van der Waals surface area (Å²) in [6.45, 7) is 4.62. The molecule has 1 atom stereocenters. The summed E-state index contributed by atoms with van der Waals surface area (Å²) in [6.07, 6.45) is 11.4. The van der Waals surface area contributed by atoms with Gasteiger partial charge in [-0.25, -0.2) is 0 Å². The van der Waals surface area contributed by atoms with Crippen molar-refractivity contribution < 1.29 is 0 Å². The molecular formula is C14H24N4. The minimum Gasteiger partial charge on any atom is -0.329 e. The molecule has 0 saturated carbocycles. The van der Waals surface area contributed by atoms with E-state index in [0.29, 0.717) is 6.54 Å². The Labute approximate surface area is 109 Å². The summed E-state index contributed by atoms with van der Waals surface area (Å²) in [5, 5.41) is 7.83. The highest BCUT2D eigenvalue weighted by molar-refractivity contribution is 5.12. The van der Waals surface area contributed by atoms with E-state index in [-0.39, 0.29) is 6.04 Å². The van der Waals surface area contributed by atoms with Gasteiger partial charge in [0.1, 0.15) is 0 Å². The van der Waals surface area contributed by atoms with Gasteiger partial charge in [-0.1, -0.05) is 11.6 Å². The lowest BCUT2D eigenvalue weighted by Gasteiger charge is -2.15. The van der Waals surface area contributed by atoms with Crippen molar-refractivity contribution in [3.63, 3.8) is 0 Å². The minimum absolute atomic E-state index is 0.229. The molecule has 1 aliphatic rings. The summed E-state index contributed by atoms with van der Waals surface area (Å²) in [5.74, 6) is 0. The summed E-state index contributed by atoms with van der Waals surface area (Å²) in [4.78, 5) is 0. The quantitative estimate of drug-likeness (QED) is 0.726. The van der Waals surface area contributed by atoms with Gasteiger partial charge < -0.3 is 11.1 Å². The fourth-order valence-electron chi connectivity index (χ4n) is 2.44. The Kier molecular flexibility index (Phi) is 4.96. The molecule has 1 heterocycles. The highest BCUT2D eigenvalue weighted by atomic mass is 15.3. The van der Waals surface area contributed by atoms with Gasteiger partial charge in [-0.05, 0) is 39.2 Å². The SMILES string of the molecule is CCn1cc(C(CN)NCCC2=CCCC2)cn1. The second-order valence-corrected chi connectivity index (χ2v) is 4.88. The molecule has 0 saturated heterocycles. The van der Waals surface area contributed by atoms with E-state index in [4.69, 9.17) is 5.73 Å². The minimum atomic E-state index is 0.229. The molecule has 4 nitrogen and oxygen atoms in total. The molecule has 1 unspecified atom stereocenters. The lowest BCUT2D eigenvalue weighted by atomic mass is 10.1. The number of nitrogens with two attached hydrogens (primary N) is 1. The standard InChI is InChI=1S/C14H24N4/c1-2-18-11-13(10-17-18)14(9-15)16-8-7-12-5-3-4-6-12/h5,10-11,14,16H,2-4,6-9,15H2,1H3. The van der Waals surface area contributed by atoms with Crippen LogP contribution in [-0.2, 0) is 6.54 Å². The lowest BCUT2D eigenvalue weighted by Crippen LogP contribution is -2.28. The van der Waals surface area contributed by atoms with Crippen molar-refractivity contribution in [1.29, 1.82) is 0 Å². The zero-order chi connectivity index (χ0) is 12.8. The molecule has 3 N–H and O–H groups in total. The van der Waals surface area contributed by atoms with E-state index in [2.05, 4.69) is 29.6 Å². The summed E-state index contributed by atoms with van der Waals surface area (Å²) in [6, 6.07) is 0.229. The largest absolute Gasteiger partial charge is 0.329 e. The van der Waals surface area contributed by atoms with E-state index in [1.807, 2.05) is 10.9 Å². The van der Waals surface area contributed by atoms with Crippen molar-refractivity contribution in [3.05, 3.63) is 29.6 Å². The molecule has 0 fully saturated rings. The molecule has 4 heteroatoms. The van der Waals surface area contributed by atoms with E-state index in [1.165, 1.54) is 24.8 Å². The van der Waals surface area contributed by atoms with Gasteiger partial charge >= 0.3 is 0 Å². The van der Waals surface area contributed by atoms with E-state index < -0.39 is 0 Å². The number of allylic oxidation sites excluding steroid dienone is 1. The molecule has 100 valence electrons. The van der Waals surface area contributed by atoms with Crippen LogP contribution >= 0.6 is 0 Å². The Morgan fingerprint density at radius 3 is 3.06 bits per heavy atom. The van der Waals surface area contributed by atoms with Gasteiger partial charge in [-0.3, -0.25) is 4.68 Å². The first-order valence-corrected chi connectivity index (χ1v) is 6.97. The van der Waals surface area contributed by atoms with E-state index >= 15 is 0 Å². The van der Waals surface area contributed by atoms with Crippen LogP contribution in [0.3, 0.4) is 0 Å². The Morgan fingerprint density at radius 2 is 2.44 bits per heavy atom. The van der Waals surface area contributed by atoms with E-state index in [0.717, 1.165) is 19.5 Å². The van der Waals surface area contributed by atoms with Crippen LogP contribution in [-0.4, -0.2) is 22.9 Å². The molecule has 0 aliphatic heterocycles. The van der Waals surface area contributed by atoms with Crippen LogP contribution < -0.4 is 11.1 Å². The number of hydrogen-bond acceptors (Lipinski definition) is 3. The first-order chi connectivity index (χ1) is 8.83. The van der Waals surface area contributed by atoms with Crippen molar-refractivity contribution in [1.82, 2.24) is 15.1 Å². The van der Waals surface area contributed by atoms with Crippen molar-refractivity contribution in [3.8, 4) is 0 Å². The molecule has 0 amide bonds. The Bertz CT molecular complexity index is 394.